The molecule has 2 nitrogen and oxygen atoms in total. The Bertz CT molecular complexity index is 2430. The van der Waals surface area contributed by atoms with Gasteiger partial charge in [-0.15, -0.1) is 11.3 Å². The molecule has 47 heavy (non-hydrogen) atoms. The monoisotopic (exact) mass is 618 g/mol. The number of hydrogen-bond acceptors (Lipinski definition) is 3. The van der Waals surface area contributed by atoms with Crippen LogP contribution in [0.5, 0.6) is 0 Å². The summed E-state index contributed by atoms with van der Waals surface area (Å²) in [6, 6.07) is 65.4. The summed E-state index contributed by atoms with van der Waals surface area (Å²) in [4.78, 5) is 4.79. The van der Waals surface area contributed by atoms with Crippen LogP contribution in [0, 0.1) is 0 Å². The smallest absolute Gasteiger partial charge is 0.0554 e. The van der Waals surface area contributed by atoms with E-state index in [1.165, 1.54) is 53.1 Å². The summed E-state index contributed by atoms with van der Waals surface area (Å²) in [5, 5.41) is 7.58. The summed E-state index contributed by atoms with van der Waals surface area (Å²) in [5.41, 5.74) is 6.90. The minimum Gasteiger partial charge on any atom is -0.310 e. The molecule has 1 heterocycles. The van der Waals surface area contributed by atoms with Crippen LogP contribution in [-0.4, -0.2) is 0 Å². The molecule has 0 aliphatic heterocycles. The van der Waals surface area contributed by atoms with Crippen molar-refractivity contribution in [3.8, 4) is 0 Å². The minimum atomic E-state index is 1.14. The zero-order chi connectivity index (χ0) is 31.2. The summed E-state index contributed by atoms with van der Waals surface area (Å²) in [6.07, 6.45) is 0. The number of rotatable bonds is 6. The van der Waals surface area contributed by atoms with E-state index in [1.54, 1.807) is 0 Å². The Balaban J connectivity index is 1.38. The molecule has 222 valence electrons. The number of fused-ring (bicyclic) bond motifs is 7. The van der Waals surface area contributed by atoms with Crippen molar-refractivity contribution in [3.05, 3.63) is 182 Å². The average Bonchev–Trinajstić information content (AvgIpc) is 3.53. The number of thiophene rings is 1. The van der Waals surface area contributed by atoms with Gasteiger partial charge in [0.2, 0.25) is 0 Å². The van der Waals surface area contributed by atoms with Crippen molar-refractivity contribution in [1.29, 1.82) is 0 Å². The Kier molecular flexibility index (Phi) is 6.69. The molecule has 1 aromatic heterocycles. The molecule has 8 aromatic carbocycles. The van der Waals surface area contributed by atoms with E-state index in [0.29, 0.717) is 0 Å². The Hall–Kier alpha value is -5.90. The fourth-order valence-electron chi connectivity index (χ4n) is 6.96. The summed E-state index contributed by atoms with van der Waals surface area (Å²) in [5.74, 6) is 0. The number of para-hydroxylation sites is 4. The second-order valence-corrected chi connectivity index (χ2v) is 12.8. The van der Waals surface area contributed by atoms with Gasteiger partial charge in [-0.05, 0) is 66.0 Å². The van der Waals surface area contributed by atoms with Crippen LogP contribution >= 0.6 is 11.3 Å². The van der Waals surface area contributed by atoms with Crippen LogP contribution in [0.4, 0.5) is 34.1 Å². The largest absolute Gasteiger partial charge is 0.310 e. The van der Waals surface area contributed by atoms with E-state index in [2.05, 4.69) is 192 Å². The van der Waals surface area contributed by atoms with Gasteiger partial charge in [-0.2, -0.15) is 0 Å². The quantitative estimate of drug-likeness (QED) is 0.183. The van der Waals surface area contributed by atoms with Crippen LogP contribution in [0.3, 0.4) is 0 Å². The molecular weight excluding hydrogens is 589 g/mol. The van der Waals surface area contributed by atoms with Gasteiger partial charge in [0.1, 0.15) is 0 Å². The van der Waals surface area contributed by atoms with Crippen molar-refractivity contribution in [2.75, 3.05) is 9.80 Å². The first-order chi connectivity index (χ1) is 23.3. The highest BCUT2D eigenvalue weighted by Gasteiger charge is 2.22. The number of benzene rings is 8. The molecule has 9 rings (SSSR count). The van der Waals surface area contributed by atoms with Crippen LogP contribution in [-0.2, 0) is 0 Å². The molecule has 0 spiro atoms. The first kappa shape index (κ1) is 27.4. The third kappa shape index (κ3) is 4.63. The molecule has 0 saturated carbocycles. The molecular formula is C44H30N2S. The molecule has 3 heteroatoms. The molecule has 0 aliphatic carbocycles. The van der Waals surface area contributed by atoms with Crippen molar-refractivity contribution >= 4 is 87.2 Å². The fraction of sp³-hybridized carbons (Fsp3) is 0. The van der Waals surface area contributed by atoms with Crippen molar-refractivity contribution < 1.29 is 0 Å². The Morgan fingerprint density at radius 2 is 0.681 bits per heavy atom. The van der Waals surface area contributed by atoms with Gasteiger partial charge < -0.3 is 9.80 Å². The number of nitrogens with zero attached hydrogens (tertiary/aromatic N) is 2. The maximum absolute atomic E-state index is 2.43. The lowest BCUT2D eigenvalue weighted by molar-refractivity contribution is 1.30. The lowest BCUT2D eigenvalue weighted by Crippen LogP contribution is -2.10. The summed E-state index contributed by atoms with van der Waals surface area (Å²) in [6.45, 7) is 0. The maximum atomic E-state index is 2.43. The van der Waals surface area contributed by atoms with E-state index >= 15 is 0 Å². The Morgan fingerprint density at radius 3 is 1.15 bits per heavy atom. The van der Waals surface area contributed by atoms with E-state index in [0.717, 1.165) is 22.7 Å². The Labute approximate surface area is 278 Å². The third-order valence-corrected chi connectivity index (χ3v) is 10.2. The van der Waals surface area contributed by atoms with Gasteiger partial charge in [0.25, 0.3) is 0 Å². The first-order valence-electron chi connectivity index (χ1n) is 16.0. The van der Waals surface area contributed by atoms with Crippen LogP contribution in [0.15, 0.2) is 182 Å². The molecule has 0 aliphatic rings. The van der Waals surface area contributed by atoms with Gasteiger partial charge >= 0.3 is 0 Å². The van der Waals surface area contributed by atoms with Crippen LogP contribution in [0.2, 0.25) is 0 Å². The van der Waals surface area contributed by atoms with Gasteiger partial charge in [-0.25, -0.2) is 0 Å². The molecule has 0 atom stereocenters. The van der Waals surface area contributed by atoms with E-state index in [4.69, 9.17) is 0 Å². The topological polar surface area (TPSA) is 6.48 Å². The molecule has 0 fully saturated rings. The van der Waals surface area contributed by atoms with Gasteiger partial charge in [-0.1, -0.05) is 121 Å². The highest BCUT2D eigenvalue weighted by atomic mass is 32.1. The van der Waals surface area contributed by atoms with Crippen molar-refractivity contribution in [2.24, 2.45) is 0 Å². The molecule has 0 amide bonds. The van der Waals surface area contributed by atoms with Crippen LogP contribution in [0.1, 0.15) is 0 Å². The van der Waals surface area contributed by atoms with E-state index in [9.17, 15) is 0 Å². The predicted octanol–water partition coefficient (Wildman–Crippen LogP) is 13.3. The SMILES string of the molecule is c1ccc(N(c2ccccc2)c2cc3c(sc4cc(N(c5ccccc5)c5ccccc5)c5ccccc5c43)c3ccccc23)cc1. The molecule has 9 aromatic rings. The first-order valence-corrected chi connectivity index (χ1v) is 16.8. The zero-order valence-corrected chi connectivity index (χ0v) is 26.4. The summed E-state index contributed by atoms with van der Waals surface area (Å²) < 4.78 is 2.59. The third-order valence-electron chi connectivity index (χ3n) is 8.98. The van der Waals surface area contributed by atoms with Crippen molar-refractivity contribution in [2.45, 2.75) is 0 Å². The zero-order valence-electron chi connectivity index (χ0n) is 25.6. The van der Waals surface area contributed by atoms with E-state index in [-0.39, 0.29) is 0 Å². The minimum absolute atomic E-state index is 1.14. The van der Waals surface area contributed by atoms with Crippen LogP contribution < -0.4 is 9.80 Å². The van der Waals surface area contributed by atoms with Gasteiger partial charge in [0.05, 0.1) is 11.4 Å². The molecule has 0 saturated heterocycles. The van der Waals surface area contributed by atoms with E-state index < -0.39 is 0 Å². The second-order valence-electron chi connectivity index (χ2n) is 11.7. The molecule has 0 radical (unpaired) electrons. The lowest BCUT2D eigenvalue weighted by Gasteiger charge is -2.27. The summed E-state index contributed by atoms with van der Waals surface area (Å²) in [7, 11) is 0. The standard InChI is InChI=1S/C44H30N2S/c1-5-17-31(18-6-1)45(32-19-7-2-8-20-32)40-29-39-43-37-27-15-13-25-35(37)41(30-42(43)47-44(39)38-28-16-14-26-36(38)40)46(33-21-9-3-10-22-33)34-23-11-4-12-24-34/h1-30H. The van der Waals surface area contributed by atoms with Crippen molar-refractivity contribution in [1.82, 2.24) is 0 Å². The second kappa shape index (κ2) is 11.5. The predicted molar refractivity (Wildman–Crippen MR) is 204 cm³/mol. The normalized spacial score (nSPS) is 11.4. The highest BCUT2D eigenvalue weighted by molar-refractivity contribution is 7.27. The number of anilines is 6. The van der Waals surface area contributed by atoms with Crippen LogP contribution in [0.25, 0.3) is 41.7 Å². The van der Waals surface area contributed by atoms with Gasteiger partial charge in [0, 0.05) is 59.1 Å². The fourth-order valence-corrected chi connectivity index (χ4v) is 8.23. The summed E-state index contributed by atoms with van der Waals surface area (Å²) >= 11 is 1.89. The van der Waals surface area contributed by atoms with Crippen molar-refractivity contribution in [3.63, 3.8) is 0 Å². The molecule has 0 bridgehead atoms. The number of hydrogen-bond donors (Lipinski definition) is 0. The highest BCUT2D eigenvalue weighted by Crippen LogP contribution is 2.50. The lowest BCUT2D eigenvalue weighted by atomic mass is 9.98. The van der Waals surface area contributed by atoms with Gasteiger partial charge in [0.15, 0.2) is 0 Å². The van der Waals surface area contributed by atoms with E-state index in [1.807, 2.05) is 11.3 Å². The van der Waals surface area contributed by atoms with Gasteiger partial charge in [-0.3, -0.25) is 0 Å². The molecule has 0 N–H and O–H groups in total. The Morgan fingerprint density at radius 1 is 0.319 bits per heavy atom. The maximum Gasteiger partial charge on any atom is 0.0554 e. The average molecular weight is 619 g/mol. The molecule has 0 unspecified atom stereocenters.